The number of hydrogen-bond donors (Lipinski definition) is 1. The van der Waals surface area contributed by atoms with Crippen LogP contribution in [0.3, 0.4) is 0 Å². The Hall–Kier alpha value is -1.27. The van der Waals surface area contributed by atoms with Gasteiger partial charge in [-0.05, 0) is 31.5 Å². The van der Waals surface area contributed by atoms with Gasteiger partial charge in [0.25, 0.3) is 0 Å². The quantitative estimate of drug-likeness (QED) is 0.800. The molecule has 0 aliphatic rings. The molecule has 120 valence electrons. The molecule has 0 saturated carbocycles. The van der Waals surface area contributed by atoms with E-state index >= 15 is 0 Å². The van der Waals surface area contributed by atoms with Crippen molar-refractivity contribution >= 4 is 33.8 Å². The van der Waals surface area contributed by atoms with Gasteiger partial charge < -0.3 is 10.6 Å². The van der Waals surface area contributed by atoms with Gasteiger partial charge in [0, 0.05) is 24.5 Å². The van der Waals surface area contributed by atoms with E-state index in [4.69, 9.17) is 5.73 Å². The summed E-state index contributed by atoms with van der Waals surface area (Å²) in [5, 5.41) is 0. The summed E-state index contributed by atoms with van der Waals surface area (Å²) in [7, 11) is -3.10. The van der Waals surface area contributed by atoms with Crippen LogP contribution in [0.2, 0.25) is 0 Å². The number of nitrogen functional groups attached to an aromatic ring is 1. The summed E-state index contributed by atoms with van der Waals surface area (Å²) in [5.74, 6) is -0.0951. The molecule has 0 aliphatic heterocycles. The number of sulfone groups is 1. The topological polar surface area (TPSA) is 80.5 Å². The van der Waals surface area contributed by atoms with Crippen LogP contribution in [0.5, 0.6) is 0 Å². The fourth-order valence-corrected chi connectivity index (χ4v) is 3.23. The van der Waals surface area contributed by atoms with E-state index in [9.17, 15) is 13.2 Å². The number of nitrogens with two attached hydrogens (primary N) is 1. The average molecular weight is 335 g/mol. The van der Waals surface area contributed by atoms with E-state index in [1.165, 1.54) is 6.26 Å². The van der Waals surface area contributed by atoms with Gasteiger partial charge in [0.1, 0.15) is 9.84 Å². The number of hydrogen-bond acceptors (Lipinski definition) is 4. The van der Waals surface area contributed by atoms with Gasteiger partial charge in [-0.3, -0.25) is 4.79 Å². The fraction of sp³-hybridized carbons (Fsp3) is 0.500. The highest BCUT2D eigenvalue weighted by Gasteiger charge is 2.21. The van der Waals surface area contributed by atoms with Crippen molar-refractivity contribution in [3.8, 4) is 0 Å². The molecule has 0 fully saturated rings. The lowest BCUT2D eigenvalue weighted by Gasteiger charge is -2.27. The molecule has 1 amide bonds. The lowest BCUT2D eigenvalue weighted by molar-refractivity contribution is -0.131. The lowest BCUT2D eigenvalue weighted by atomic mass is 10.1. The molecule has 1 unspecified atom stereocenters. The van der Waals surface area contributed by atoms with Crippen LogP contribution in [0.15, 0.2) is 24.3 Å². The minimum atomic E-state index is -3.10. The summed E-state index contributed by atoms with van der Waals surface area (Å²) in [4.78, 5) is 13.9. The molecule has 21 heavy (non-hydrogen) atoms. The average Bonchev–Trinajstić information content (AvgIpc) is 2.30. The molecular formula is C14H23ClN2O3S. The van der Waals surface area contributed by atoms with Gasteiger partial charge in [0.05, 0.1) is 12.2 Å². The van der Waals surface area contributed by atoms with Crippen LogP contribution in [-0.2, 0) is 21.1 Å². The third-order valence-corrected chi connectivity index (χ3v) is 4.16. The molecule has 0 aromatic heterocycles. The number of anilines is 1. The predicted octanol–water partition coefficient (Wildman–Crippen LogP) is 1.51. The number of likely N-dealkylation sites (N-methyl/N-ethyl adjacent to an activating group) is 1. The molecule has 0 saturated heterocycles. The highest BCUT2D eigenvalue weighted by molar-refractivity contribution is 7.90. The van der Waals surface area contributed by atoms with Crippen molar-refractivity contribution in [1.82, 2.24) is 4.90 Å². The Balaban J connectivity index is 0.00000400. The SMILES string of the molecule is CCN(C(=O)Cc1ccc(N)cc1)C(C)CS(C)(=O)=O.Cl. The summed E-state index contributed by atoms with van der Waals surface area (Å²) in [6.45, 7) is 4.09. The van der Waals surface area contributed by atoms with Gasteiger partial charge in [-0.25, -0.2) is 8.42 Å². The van der Waals surface area contributed by atoms with Gasteiger partial charge in [-0.15, -0.1) is 12.4 Å². The smallest absolute Gasteiger partial charge is 0.227 e. The monoisotopic (exact) mass is 334 g/mol. The summed E-state index contributed by atoms with van der Waals surface area (Å²) >= 11 is 0. The number of benzene rings is 1. The molecule has 1 rings (SSSR count). The standard InChI is InChI=1S/C14H22N2O3S.ClH/c1-4-16(11(2)10-20(3,18)19)14(17)9-12-5-7-13(15)8-6-12;/h5-8,11H,4,9-10,15H2,1-3H3;1H. The molecule has 0 bridgehead atoms. The van der Waals surface area contributed by atoms with Crippen LogP contribution in [0, 0.1) is 0 Å². The second-order valence-corrected chi connectivity index (χ2v) is 7.22. The first-order valence-corrected chi connectivity index (χ1v) is 8.60. The normalized spacial score (nSPS) is 12.3. The lowest BCUT2D eigenvalue weighted by Crippen LogP contribution is -2.42. The van der Waals surface area contributed by atoms with Crippen molar-refractivity contribution in [2.75, 3.05) is 24.3 Å². The number of halogens is 1. The third-order valence-electron chi connectivity index (χ3n) is 3.07. The van der Waals surface area contributed by atoms with E-state index in [2.05, 4.69) is 0 Å². The molecular weight excluding hydrogens is 312 g/mol. The number of carbonyl (C=O) groups excluding carboxylic acids is 1. The van der Waals surface area contributed by atoms with E-state index in [0.29, 0.717) is 12.2 Å². The van der Waals surface area contributed by atoms with Gasteiger partial charge in [0.15, 0.2) is 0 Å². The highest BCUT2D eigenvalue weighted by Crippen LogP contribution is 2.10. The zero-order chi connectivity index (χ0) is 15.3. The number of nitrogens with zero attached hydrogens (tertiary/aromatic N) is 1. The third kappa shape index (κ3) is 6.82. The molecule has 1 aromatic carbocycles. The first kappa shape index (κ1) is 19.7. The summed E-state index contributed by atoms with van der Waals surface area (Å²) in [6.07, 6.45) is 1.43. The molecule has 1 atom stereocenters. The number of carbonyl (C=O) groups is 1. The zero-order valence-corrected chi connectivity index (χ0v) is 14.2. The van der Waals surface area contributed by atoms with Crippen LogP contribution in [0.4, 0.5) is 5.69 Å². The Morgan fingerprint density at radius 1 is 1.29 bits per heavy atom. The maximum absolute atomic E-state index is 12.3. The Morgan fingerprint density at radius 2 is 1.81 bits per heavy atom. The first-order chi connectivity index (χ1) is 9.23. The highest BCUT2D eigenvalue weighted by atomic mass is 35.5. The molecule has 2 N–H and O–H groups in total. The van der Waals surface area contributed by atoms with E-state index in [-0.39, 0.29) is 36.5 Å². The van der Waals surface area contributed by atoms with Gasteiger partial charge >= 0.3 is 0 Å². The number of rotatable bonds is 6. The van der Waals surface area contributed by atoms with E-state index in [1.54, 1.807) is 24.0 Å². The zero-order valence-electron chi connectivity index (χ0n) is 12.6. The minimum Gasteiger partial charge on any atom is -0.399 e. The maximum Gasteiger partial charge on any atom is 0.227 e. The second kappa shape index (κ2) is 8.24. The van der Waals surface area contributed by atoms with Crippen molar-refractivity contribution in [3.05, 3.63) is 29.8 Å². The molecule has 1 aromatic rings. The van der Waals surface area contributed by atoms with Crippen LogP contribution in [0.25, 0.3) is 0 Å². The van der Waals surface area contributed by atoms with Gasteiger partial charge in [-0.1, -0.05) is 12.1 Å². The van der Waals surface area contributed by atoms with Gasteiger partial charge in [-0.2, -0.15) is 0 Å². The Bertz CT molecular complexity index is 558. The van der Waals surface area contributed by atoms with Crippen LogP contribution < -0.4 is 5.73 Å². The van der Waals surface area contributed by atoms with E-state index in [0.717, 1.165) is 5.56 Å². The van der Waals surface area contributed by atoms with Gasteiger partial charge in [0.2, 0.25) is 5.91 Å². The molecule has 0 aliphatic carbocycles. The van der Waals surface area contributed by atoms with Crippen molar-refractivity contribution in [2.45, 2.75) is 26.3 Å². The van der Waals surface area contributed by atoms with Crippen molar-refractivity contribution in [3.63, 3.8) is 0 Å². The molecule has 0 heterocycles. The van der Waals surface area contributed by atoms with Crippen LogP contribution >= 0.6 is 12.4 Å². The van der Waals surface area contributed by atoms with Crippen LogP contribution in [-0.4, -0.2) is 43.8 Å². The second-order valence-electron chi connectivity index (χ2n) is 5.04. The molecule has 7 heteroatoms. The number of amides is 1. The van der Waals surface area contributed by atoms with Crippen molar-refractivity contribution in [1.29, 1.82) is 0 Å². The van der Waals surface area contributed by atoms with Crippen molar-refractivity contribution < 1.29 is 13.2 Å². The molecule has 5 nitrogen and oxygen atoms in total. The Morgan fingerprint density at radius 3 is 2.24 bits per heavy atom. The molecule has 0 spiro atoms. The largest absolute Gasteiger partial charge is 0.399 e. The fourth-order valence-electron chi connectivity index (χ4n) is 2.17. The Kier molecular flexibility index (Phi) is 7.74. The van der Waals surface area contributed by atoms with Crippen LogP contribution in [0.1, 0.15) is 19.4 Å². The first-order valence-electron chi connectivity index (χ1n) is 6.54. The summed E-state index contributed by atoms with van der Waals surface area (Å²) in [6, 6.07) is 6.79. The summed E-state index contributed by atoms with van der Waals surface area (Å²) in [5.41, 5.74) is 7.12. The van der Waals surface area contributed by atoms with E-state index < -0.39 is 9.84 Å². The maximum atomic E-state index is 12.3. The molecule has 0 radical (unpaired) electrons. The predicted molar refractivity (Wildman–Crippen MR) is 88.4 cm³/mol. The Labute approximate surface area is 132 Å². The summed E-state index contributed by atoms with van der Waals surface area (Å²) < 4.78 is 22.7. The van der Waals surface area contributed by atoms with Crippen molar-refractivity contribution in [2.24, 2.45) is 0 Å². The minimum absolute atomic E-state index is 0. The van der Waals surface area contributed by atoms with E-state index in [1.807, 2.05) is 19.1 Å².